The van der Waals surface area contributed by atoms with Crippen molar-refractivity contribution in [3.05, 3.63) is 15.9 Å². The molecule has 1 fully saturated rings. The van der Waals surface area contributed by atoms with Crippen molar-refractivity contribution < 1.29 is 4.74 Å². The summed E-state index contributed by atoms with van der Waals surface area (Å²) in [6.45, 7) is 7.38. The van der Waals surface area contributed by atoms with Crippen molar-refractivity contribution in [1.29, 1.82) is 0 Å². The lowest BCUT2D eigenvalue weighted by Crippen LogP contribution is -2.43. The van der Waals surface area contributed by atoms with Crippen LogP contribution >= 0.6 is 15.9 Å². The van der Waals surface area contributed by atoms with E-state index in [9.17, 15) is 0 Å². The molecule has 1 aliphatic rings. The molecule has 2 unspecified atom stereocenters. The Hall–Kier alpha value is -0.390. The third kappa shape index (κ3) is 2.78. The van der Waals surface area contributed by atoms with Gasteiger partial charge in [0.1, 0.15) is 0 Å². The monoisotopic (exact) mass is 315 g/mol. The number of ether oxygens (including phenoxy) is 1. The van der Waals surface area contributed by atoms with Crippen molar-refractivity contribution in [2.45, 2.75) is 32.9 Å². The van der Waals surface area contributed by atoms with Gasteiger partial charge < -0.3 is 4.74 Å². The first-order valence-electron chi connectivity index (χ1n) is 6.46. The van der Waals surface area contributed by atoms with Crippen LogP contribution in [0.4, 0.5) is 0 Å². The summed E-state index contributed by atoms with van der Waals surface area (Å²) in [5.74, 6) is 0.656. The van der Waals surface area contributed by atoms with Gasteiger partial charge in [-0.1, -0.05) is 6.92 Å². The molecule has 0 saturated carbocycles. The number of likely N-dealkylation sites (tertiary alicyclic amines) is 1. The number of piperidine rings is 1. The molecule has 102 valence electrons. The third-order valence-corrected chi connectivity index (χ3v) is 4.94. The smallest absolute Gasteiger partial charge is 0.0739 e. The Labute approximate surface area is 117 Å². The Morgan fingerprint density at radius 1 is 1.50 bits per heavy atom. The highest BCUT2D eigenvalue weighted by atomic mass is 79.9. The molecule has 1 aromatic rings. The van der Waals surface area contributed by atoms with E-state index in [0.29, 0.717) is 12.0 Å². The van der Waals surface area contributed by atoms with Gasteiger partial charge >= 0.3 is 0 Å². The molecule has 18 heavy (non-hydrogen) atoms. The second-order valence-electron chi connectivity index (χ2n) is 5.24. The Morgan fingerprint density at radius 3 is 2.78 bits per heavy atom. The number of halogens is 1. The molecule has 1 aromatic heterocycles. The Kier molecular flexibility index (Phi) is 4.45. The zero-order chi connectivity index (χ0) is 13.3. The summed E-state index contributed by atoms with van der Waals surface area (Å²) >= 11 is 3.63. The number of hydrogen-bond donors (Lipinski definition) is 0. The van der Waals surface area contributed by atoms with Crippen LogP contribution < -0.4 is 0 Å². The van der Waals surface area contributed by atoms with E-state index in [2.05, 4.69) is 32.9 Å². The van der Waals surface area contributed by atoms with Crippen LogP contribution in [0.5, 0.6) is 0 Å². The van der Waals surface area contributed by atoms with Crippen LogP contribution in [-0.2, 0) is 18.3 Å². The van der Waals surface area contributed by atoms with E-state index in [4.69, 9.17) is 4.74 Å². The molecule has 0 bridgehead atoms. The van der Waals surface area contributed by atoms with Crippen LogP contribution in [-0.4, -0.2) is 41.0 Å². The van der Waals surface area contributed by atoms with Gasteiger partial charge in [0.05, 0.1) is 22.0 Å². The Morgan fingerprint density at radius 2 is 2.22 bits per heavy atom. The molecule has 0 spiro atoms. The highest BCUT2D eigenvalue weighted by Crippen LogP contribution is 2.25. The number of aromatic nitrogens is 2. The van der Waals surface area contributed by atoms with Crippen molar-refractivity contribution in [2.24, 2.45) is 13.0 Å². The van der Waals surface area contributed by atoms with Gasteiger partial charge in [-0.05, 0) is 41.7 Å². The van der Waals surface area contributed by atoms with Gasteiger partial charge in [0, 0.05) is 27.2 Å². The van der Waals surface area contributed by atoms with Gasteiger partial charge in [-0.25, -0.2) is 0 Å². The van der Waals surface area contributed by atoms with Gasteiger partial charge in [-0.15, -0.1) is 0 Å². The lowest BCUT2D eigenvalue weighted by molar-refractivity contribution is -0.00814. The molecule has 1 saturated heterocycles. The lowest BCUT2D eigenvalue weighted by atomic mass is 9.96. The van der Waals surface area contributed by atoms with E-state index >= 15 is 0 Å². The van der Waals surface area contributed by atoms with Crippen molar-refractivity contribution >= 4 is 15.9 Å². The summed E-state index contributed by atoms with van der Waals surface area (Å²) < 4.78 is 8.67. The molecule has 5 heteroatoms. The quantitative estimate of drug-likeness (QED) is 0.857. The van der Waals surface area contributed by atoms with Crippen molar-refractivity contribution in [2.75, 3.05) is 20.2 Å². The number of rotatable bonds is 3. The van der Waals surface area contributed by atoms with Crippen LogP contribution in [0.2, 0.25) is 0 Å². The molecule has 0 N–H and O–H groups in total. The van der Waals surface area contributed by atoms with E-state index in [-0.39, 0.29) is 0 Å². The van der Waals surface area contributed by atoms with Crippen molar-refractivity contribution in [3.63, 3.8) is 0 Å². The van der Waals surface area contributed by atoms with Crippen LogP contribution in [0.15, 0.2) is 4.47 Å². The van der Waals surface area contributed by atoms with Gasteiger partial charge in [-0.3, -0.25) is 9.58 Å². The first kappa shape index (κ1) is 14.0. The number of nitrogens with zero attached hydrogens (tertiary/aromatic N) is 3. The summed E-state index contributed by atoms with van der Waals surface area (Å²) in [5, 5.41) is 4.44. The number of aryl methyl sites for hydroxylation is 2. The molecule has 1 aliphatic heterocycles. The molecular weight excluding hydrogens is 294 g/mol. The first-order chi connectivity index (χ1) is 8.52. The minimum atomic E-state index is 0.354. The molecule has 0 aliphatic carbocycles. The van der Waals surface area contributed by atoms with Crippen molar-refractivity contribution in [1.82, 2.24) is 14.7 Å². The molecule has 2 atom stereocenters. The predicted molar refractivity (Wildman–Crippen MR) is 75.5 cm³/mol. The van der Waals surface area contributed by atoms with Gasteiger partial charge in [0.25, 0.3) is 0 Å². The maximum absolute atomic E-state index is 5.56. The predicted octanol–water partition coefficient (Wildman–Crippen LogP) is 2.35. The summed E-state index contributed by atoms with van der Waals surface area (Å²) in [6.07, 6.45) is 1.55. The van der Waals surface area contributed by atoms with Crippen molar-refractivity contribution in [3.8, 4) is 0 Å². The van der Waals surface area contributed by atoms with E-state index < -0.39 is 0 Å². The van der Waals surface area contributed by atoms with E-state index in [1.165, 1.54) is 12.1 Å². The minimum Gasteiger partial charge on any atom is -0.380 e. The molecule has 0 aromatic carbocycles. The van der Waals surface area contributed by atoms with Crippen LogP contribution in [0.3, 0.4) is 0 Å². The Bertz CT molecular complexity index is 419. The molecular formula is C13H22BrN3O. The molecule has 4 nitrogen and oxygen atoms in total. The molecule has 0 amide bonds. The largest absolute Gasteiger partial charge is 0.380 e. The van der Waals surface area contributed by atoms with Crippen LogP contribution in [0.1, 0.15) is 24.7 Å². The SMILES string of the molecule is COC1CN(Cc2c(Br)c(C)nn2C)CCC1C. The molecule has 0 radical (unpaired) electrons. The van der Waals surface area contributed by atoms with Gasteiger partial charge in [0.2, 0.25) is 0 Å². The number of hydrogen-bond acceptors (Lipinski definition) is 3. The normalized spacial score (nSPS) is 25.6. The lowest BCUT2D eigenvalue weighted by Gasteiger charge is -2.36. The average molecular weight is 316 g/mol. The standard InChI is InChI=1S/C13H22BrN3O/c1-9-5-6-17(8-12(9)18-4)7-11-13(14)10(2)15-16(11)3/h9,12H,5-8H2,1-4H3. The van der Waals surface area contributed by atoms with Crippen LogP contribution in [0.25, 0.3) is 0 Å². The summed E-state index contributed by atoms with van der Waals surface area (Å²) in [6, 6.07) is 0. The molecule has 2 rings (SSSR count). The Balaban J connectivity index is 2.05. The number of methoxy groups -OCH3 is 1. The first-order valence-corrected chi connectivity index (χ1v) is 7.25. The van der Waals surface area contributed by atoms with E-state index in [1.54, 1.807) is 0 Å². The topological polar surface area (TPSA) is 30.3 Å². The minimum absolute atomic E-state index is 0.354. The van der Waals surface area contributed by atoms with Crippen LogP contribution in [0, 0.1) is 12.8 Å². The molecule has 2 heterocycles. The third-order valence-electron chi connectivity index (χ3n) is 3.91. The van der Waals surface area contributed by atoms with Gasteiger partial charge in [-0.2, -0.15) is 5.10 Å². The summed E-state index contributed by atoms with van der Waals surface area (Å²) in [4.78, 5) is 2.45. The average Bonchev–Trinajstić information content (AvgIpc) is 2.58. The fourth-order valence-corrected chi connectivity index (χ4v) is 3.07. The second-order valence-corrected chi connectivity index (χ2v) is 6.04. The maximum atomic E-state index is 5.56. The second kappa shape index (κ2) is 5.72. The highest BCUT2D eigenvalue weighted by molar-refractivity contribution is 9.10. The van der Waals surface area contributed by atoms with Gasteiger partial charge in [0.15, 0.2) is 0 Å². The zero-order valence-electron chi connectivity index (χ0n) is 11.6. The fourth-order valence-electron chi connectivity index (χ4n) is 2.61. The van der Waals surface area contributed by atoms with E-state index in [0.717, 1.165) is 29.8 Å². The summed E-state index contributed by atoms with van der Waals surface area (Å²) in [5.41, 5.74) is 2.30. The van der Waals surface area contributed by atoms with E-state index in [1.807, 2.05) is 25.8 Å². The fraction of sp³-hybridized carbons (Fsp3) is 0.769. The highest BCUT2D eigenvalue weighted by Gasteiger charge is 2.27. The maximum Gasteiger partial charge on any atom is 0.0739 e. The summed E-state index contributed by atoms with van der Waals surface area (Å²) in [7, 11) is 3.82. The zero-order valence-corrected chi connectivity index (χ0v) is 13.2.